The van der Waals surface area contributed by atoms with Crippen LogP contribution in [-0.4, -0.2) is 52.2 Å². The summed E-state index contributed by atoms with van der Waals surface area (Å²) in [6.07, 6.45) is 1.96. The Morgan fingerprint density at radius 2 is 2.00 bits per heavy atom. The maximum absolute atomic E-state index is 12.8. The molecule has 7 nitrogen and oxygen atoms in total. The van der Waals surface area contributed by atoms with Gasteiger partial charge in [0, 0.05) is 36.9 Å². The third-order valence-electron chi connectivity index (χ3n) is 5.49. The van der Waals surface area contributed by atoms with Gasteiger partial charge in [0.25, 0.3) is 0 Å². The van der Waals surface area contributed by atoms with Gasteiger partial charge in [0.05, 0.1) is 4.90 Å². The van der Waals surface area contributed by atoms with Gasteiger partial charge in [0.1, 0.15) is 0 Å². The lowest BCUT2D eigenvalue weighted by Gasteiger charge is -2.60. The number of likely N-dealkylation sites (tertiary alicyclic amines) is 1. The van der Waals surface area contributed by atoms with Crippen molar-refractivity contribution < 1.29 is 17.9 Å². The highest BCUT2D eigenvalue weighted by atomic mass is 32.2. The molecule has 2 N–H and O–H groups in total. The highest BCUT2D eigenvalue weighted by molar-refractivity contribution is 7.89. The predicted molar refractivity (Wildman–Crippen MR) is 99.5 cm³/mol. The first-order valence-corrected chi connectivity index (χ1v) is 10.5. The monoisotopic (exact) mass is 381 g/mol. The van der Waals surface area contributed by atoms with Crippen LogP contribution in [0.4, 0.5) is 10.5 Å². The minimum absolute atomic E-state index is 0.128. The number of rotatable bonds is 4. The van der Waals surface area contributed by atoms with E-state index in [0.29, 0.717) is 11.6 Å². The summed E-state index contributed by atoms with van der Waals surface area (Å²) in [5.41, 5.74) is 0.628. The van der Waals surface area contributed by atoms with Crippen LogP contribution >= 0.6 is 0 Å². The summed E-state index contributed by atoms with van der Waals surface area (Å²) in [6, 6.07) is 6.28. The van der Waals surface area contributed by atoms with Gasteiger partial charge in [-0.15, -0.1) is 0 Å². The lowest BCUT2D eigenvalue weighted by atomic mass is 9.63. The van der Waals surface area contributed by atoms with Crippen molar-refractivity contribution in [3.8, 4) is 0 Å². The number of nitrogens with zero attached hydrogens (tertiary/aromatic N) is 1. The molecule has 0 bridgehead atoms. The Bertz CT molecular complexity index is 772. The van der Waals surface area contributed by atoms with Crippen molar-refractivity contribution in [1.29, 1.82) is 0 Å². The maximum Gasteiger partial charge on any atom is 0.322 e. The lowest BCUT2D eigenvalue weighted by molar-refractivity contribution is -0.122. The fourth-order valence-electron chi connectivity index (χ4n) is 4.30. The van der Waals surface area contributed by atoms with Gasteiger partial charge in [0.15, 0.2) is 0 Å². The van der Waals surface area contributed by atoms with Crippen LogP contribution in [0.1, 0.15) is 26.7 Å². The number of urea groups is 1. The Hall–Kier alpha value is -1.64. The summed E-state index contributed by atoms with van der Waals surface area (Å²) in [5.74, 6) is 0.351. The van der Waals surface area contributed by atoms with Gasteiger partial charge in [-0.05, 0) is 44.0 Å². The summed E-state index contributed by atoms with van der Waals surface area (Å²) in [6.45, 7) is 6.51. The minimum atomic E-state index is -3.54. The van der Waals surface area contributed by atoms with Crippen molar-refractivity contribution >= 4 is 21.7 Å². The number of carbonyl (C=O) groups excluding carboxylic acids is 1. The first kappa shape index (κ1) is 19.1. The molecule has 0 radical (unpaired) electrons. The molecule has 144 valence electrons. The number of anilines is 1. The van der Waals surface area contributed by atoms with E-state index in [0.717, 1.165) is 32.6 Å². The number of ether oxygens (including phenoxy) is 1. The first-order valence-electron chi connectivity index (χ1n) is 8.98. The van der Waals surface area contributed by atoms with Crippen LogP contribution in [0.25, 0.3) is 0 Å². The molecule has 1 aromatic rings. The summed E-state index contributed by atoms with van der Waals surface area (Å²) in [4.78, 5) is 14.8. The second kappa shape index (κ2) is 7.17. The topological polar surface area (TPSA) is 87.7 Å². The average molecular weight is 381 g/mol. The van der Waals surface area contributed by atoms with Gasteiger partial charge in [-0.1, -0.05) is 19.9 Å². The van der Waals surface area contributed by atoms with E-state index in [-0.39, 0.29) is 22.4 Å². The largest absolute Gasteiger partial charge is 0.381 e. The minimum Gasteiger partial charge on any atom is -0.381 e. The Kier molecular flexibility index (Phi) is 5.28. The molecule has 8 heteroatoms. The van der Waals surface area contributed by atoms with Crippen LogP contribution in [0, 0.1) is 11.3 Å². The van der Waals surface area contributed by atoms with Crippen molar-refractivity contribution in [1.82, 2.24) is 9.62 Å². The summed E-state index contributed by atoms with van der Waals surface area (Å²) in [7, 11) is -2.18. The van der Waals surface area contributed by atoms with Crippen LogP contribution in [0.2, 0.25) is 0 Å². The molecule has 26 heavy (non-hydrogen) atoms. The molecule has 1 spiro atoms. The summed E-state index contributed by atoms with van der Waals surface area (Å²) in [5, 5.41) is 2.85. The normalized spacial score (nSPS) is 22.3. The van der Waals surface area contributed by atoms with Crippen LogP contribution < -0.4 is 10.0 Å². The molecule has 2 aliphatic rings. The highest BCUT2D eigenvalue weighted by Gasteiger charge is 2.55. The van der Waals surface area contributed by atoms with E-state index in [1.54, 1.807) is 12.1 Å². The molecule has 3 rings (SSSR count). The predicted octanol–water partition coefficient (Wildman–Crippen LogP) is 2.26. The molecule has 1 atom stereocenters. The molecule has 0 aliphatic carbocycles. The van der Waals surface area contributed by atoms with Gasteiger partial charge in [0.2, 0.25) is 10.0 Å². The average Bonchev–Trinajstić information content (AvgIpc) is 2.60. The van der Waals surface area contributed by atoms with Crippen molar-refractivity contribution in [2.75, 3.05) is 32.1 Å². The van der Waals surface area contributed by atoms with Gasteiger partial charge in [-0.25, -0.2) is 17.9 Å². The van der Waals surface area contributed by atoms with Crippen molar-refractivity contribution in [3.63, 3.8) is 0 Å². The first-order chi connectivity index (χ1) is 12.3. The van der Waals surface area contributed by atoms with Crippen LogP contribution in [0.3, 0.4) is 0 Å². The zero-order chi connectivity index (χ0) is 18.9. The molecule has 2 aliphatic heterocycles. The van der Waals surface area contributed by atoms with Crippen molar-refractivity contribution in [2.24, 2.45) is 11.3 Å². The molecular formula is C18H27N3O4S. The van der Waals surface area contributed by atoms with Gasteiger partial charge < -0.3 is 15.0 Å². The number of sulfonamides is 1. The summed E-state index contributed by atoms with van der Waals surface area (Å²) >= 11 is 0. The second-order valence-corrected chi connectivity index (χ2v) is 9.34. The van der Waals surface area contributed by atoms with Crippen molar-refractivity contribution in [2.45, 2.75) is 37.6 Å². The third kappa shape index (κ3) is 3.45. The van der Waals surface area contributed by atoms with Gasteiger partial charge in [-0.3, -0.25) is 0 Å². The zero-order valence-corrected chi connectivity index (χ0v) is 16.3. The number of hydrogen-bond acceptors (Lipinski definition) is 4. The van der Waals surface area contributed by atoms with Gasteiger partial charge in [-0.2, -0.15) is 0 Å². The van der Waals surface area contributed by atoms with E-state index in [2.05, 4.69) is 23.9 Å². The Morgan fingerprint density at radius 1 is 1.31 bits per heavy atom. The van der Waals surface area contributed by atoms with Crippen LogP contribution in [0.15, 0.2) is 29.2 Å². The van der Waals surface area contributed by atoms with E-state index < -0.39 is 10.0 Å². The fourth-order valence-corrected chi connectivity index (χ4v) is 5.08. The molecular weight excluding hydrogens is 354 g/mol. The Balaban J connectivity index is 1.73. The Labute approximate surface area is 155 Å². The Morgan fingerprint density at radius 3 is 2.62 bits per heavy atom. The van der Waals surface area contributed by atoms with E-state index in [1.807, 2.05) is 4.90 Å². The SMILES string of the molecule is CNS(=O)(=O)c1cccc(NC(=O)N2CC3(CCOCC3)C2C(C)C)c1. The van der Waals surface area contributed by atoms with Crippen molar-refractivity contribution in [3.05, 3.63) is 24.3 Å². The van der Waals surface area contributed by atoms with E-state index in [4.69, 9.17) is 4.74 Å². The fraction of sp³-hybridized carbons (Fsp3) is 0.611. The molecule has 2 saturated heterocycles. The standard InChI is InChI=1S/C18H27N3O4S/c1-13(2)16-18(7-9-25-10-8-18)12-21(16)17(22)20-14-5-4-6-15(11-14)26(23,24)19-3/h4-6,11,13,16,19H,7-10,12H2,1-3H3,(H,20,22). The summed E-state index contributed by atoms with van der Waals surface area (Å²) < 4.78 is 31.7. The molecule has 1 unspecified atom stereocenters. The number of carbonyl (C=O) groups is 1. The molecule has 2 fully saturated rings. The lowest BCUT2D eigenvalue weighted by Crippen LogP contribution is -2.70. The zero-order valence-electron chi connectivity index (χ0n) is 15.5. The third-order valence-corrected chi connectivity index (χ3v) is 6.91. The molecule has 2 amide bonds. The highest BCUT2D eigenvalue weighted by Crippen LogP contribution is 2.48. The molecule has 2 heterocycles. The smallest absolute Gasteiger partial charge is 0.322 e. The number of benzene rings is 1. The molecule has 0 aromatic heterocycles. The quantitative estimate of drug-likeness (QED) is 0.837. The number of amides is 2. The second-order valence-electron chi connectivity index (χ2n) is 7.46. The van der Waals surface area contributed by atoms with E-state index in [9.17, 15) is 13.2 Å². The molecule has 1 aromatic carbocycles. The van der Waals surface area contributed by atoms with Crippen LogP contribution in [-0.2, 0) is 14.8 Å². The number of hydrogen-bond donors (Lipinski definition) is 2. The molecule has 0 saturated carbocycles. The van der Waals surface area contributed by atoms with Gasteiger partial charge >= 0.3 is 6.03 Å². The van der Waals surface area contributed by atoms with E-state index >= 15 is 0 Å². The van der Waals surface area contributed by atoms with E-state index in [1.165, 1.54) is 19.2 Å². The maximum atomic E-state index is 12.8. The number of nitrogens with one attached hydrogen (secondary N) is 2. The van der Waals surface area contributed by atoms with Crippen LogP contribution in [0.5, 0.6) is 0 Å².